The molecule has 0 atom stereocenters. The highest BCUT2D eigenvalue weighted by Gasteiger charge is 2.09. The zero-order valence-electron chi connectivity index (χ0n) is 9.95. The van der Waals surface area contributed by atoms with Crippen LogP contribution in [0, 0.1) is 6.92 Å². The molecular weight excluding hydrogens is 266 g/mol. The Morgan fingerprint density at radius 1 is 1.32 bits per heavy atom. The number of amides is 1. The Morgan fingerprint density at radius 3 is 2.95 bits per heavy atom. The molecule has 1 amide bonds. The summed E-state index contributed by atoms with van der Waals surface area (Å²) < 4.78 is 13.3. The second kappa shape index (κ2) is 4.73. The van der Waals surface area contributed by atoms with Crippen molar-refractivity contribution in [2.45, 2.75) is 13.5 Å². The lowest BCUT2D eigenvalue weighted by atomic mass is 10.2. The summed E-state index contributed by atoms with van der Waals surface area (Å²) in [4.78, 5) is 11.9. The third-order valence-electron chi connectivity index (χ3n) is 2.48. The Balaban J connectivity index is 1.72. The zero-order chi connectivity index (χ0) is 13.2. The number of nitrogens with zero attached hydrogens (tertiary/aromatic N) is 4. The lowest BCUT2D eigenvalue weighted by Gasteiger charge is -2.01. The van der Waals surface area contributed by atoms with Crippen LogP contribution in [0.5, 0.6) is 0 Å². The number of carbonyl (C=O) groups excluding carboxylic acids is 1. The van der Waals surface area contributed by atoms with E-state index in [9.17, 15) is 4.79 Å². The number of aromatic nitrogens is 4. The Morgan fingerprint density at radius 2 is 2.16 bits per heavy atom. The van der Waals surface area contributed by atoms with Gasteiger partial charge in [0, 0.05) is 12.5 Å². The van der Waals surface area contributed by atoms with Crippen LogP contribution in [-0.4, -0.2) is 24.9 Å². The quantitative estimate of drug-likeness (QED) is 0.774. The normalized spacial score (nSPS) is 10.8. The average Bonchev–Trinajstić information content (AvgIpc) is 3.03. The molecule has 3 rings (SSSR count). The monoisotopic (exact) mass is 275 g/mol. The minimum atomic E-state index is -0.217. The maximum atomic E-state index is 11.9. The second-order valence-electron chi connectivity index (χ2n) is 3.87. The highest BCUT2D eigenvalue weighted by atomic mass is 32.1. The van der Waals surface area contributed by atoms with Crippen LogP contribution >= 0.6 is 11.7 Å². The minimum Gasteiger partial charge on any atom is -0.424 e. The predicted octanol–water partition coefficient (Wildman–Crippen LogP) is 1.31. The molecule has 8 heteroatoms. The number of carbonyl (C=O) groups is 1. The van der Waals surface area contributed by atoms with Crippen molar-refractivity contribution in [3.8, 4) is 0 Å². The summed E-state index contributed by atoms with van der Waals surface area (Å²) in [6.45, 7) is 1.90. The van der Waals surface area contributed by atoms with Gasteiger partial charge in [-0.15, -0.1) is 10.2 Å². The molecule has 0 bridgehead atoms. The number of hydrogen-bond donors (Lipinski definition) is 1. The first-order valence-corrected chi connectivity index (χ1v) is 6.25. The molecule has 2 heterocycles. The van der Waals surface area contributed by atoms with Crippen LogP contribution in [0.25, 0.3) is 11.0 Å². The van der Waals surface area contributed by atoms with E-state index in [1.807, 2.05) is 0 Å². The van der Waals surface area contributed by atoms with Crippen LogP contribution in [0.4, 0.5) is 0 Å². The van der Waals surface area contributed by atoms with Gasteiger partial charge in [0.05, 0.1) is 18.3 Å². The van der Waals surface area contributed by atoms with Crippen molar-refractivity contribution in [2.75, 3.05) is 0 Å². The third-order valence-corrected chi connectivity index (χ3v) is 3.04. The van der Waals surface area contributed by atoms with Gasteiger partial charge in [0.1, 0.15) is 11.0 Å². The summed E-state index contributed by atoms with van der Waals surface area (Å²) in [5.74, 6) is 0.632. The van der Waals surface area contributed by atoms with Gasteiger partial charge in [0.25, 0.3) is 5.91 Å². The number of rotatable bonds is 3. The van der Waals surface area contributed by atoms with E-state index in [0.717, 1.165) is 17.2 Å². The van der Waals surface area contributed by atoms with E-state index < -0.39 is 0 Å². The van der Waals surface area contributed by atoms with E-state index in [1.54, 1.807) is 25.1 Å². The summed E-state index contributed by atoms with van der Waals surface area (Å²) >= 11 is 1.12. The molecule has 1 aromatic carbocycles. The third kappa shape index (κ3) is 2.43. The second-order valence-corrected chi connectivity index (χ2v) is 4.39. The molecule has 19 heavy (non-hydrogen) atoms. The highest BCUT2D eigenvalue weighted by Crippen LogP contribution is 2.13. The minimum absolute atomic E-state index is 0.201. The molecule has 96 valence electrons. The molecule has 0 saturated carbocycles. The maximum absolute atomic E-state index is 11.9. The highest BCUT2D eigenvalue weighted by molar-refractivity contribution is 7.00. The largest absolute Gasteiger partial charge is 0.424 e. The van der Waals surface area contributed by atoms with Crippen LogP contribution in [0.1, 0.15) is 22.1 Å². The molecule has 0 aliphatic carbocycles. The van der Waals surface area contributed by atoms with Crippen molar-refractivity contribution in [3.05, 3.63) is 35.5 Å². The van der Waals surface area contributed by atoms with E-state index in [4.69, 9.17) is 4.42 Å². The molecule has 7 nitrogen and oxygen atoms in total. The van der Waals surface area contributed by atoms with Gasteiger partial charge in [-0.2, -0.15) is 8.75 Å². The van der Waals surface area contributed by atoms with Gasteiger partial charge in [0.2, 0.25) is 11.8 Å². The molecule has 0 saturated heterocycles. The average molecular weight is 275 g/mol. The lowest BCUT2D eigenvalue weighted by molar-refractivity contribution is 0.0947. The van der Waals surface area contributed by atoms with Gasteiger partial charge < -0.3 is 9.73 Å². The Labute approximate surface area is 112 Å². The fraction of sp³-hybridized carbons (Fsp3) is 0.182. The lowest BCUT2D eigenvalue weighted by Crippen LogP contribution is -2.22. The number of benzene rings is 1. The summed E-state index contributed by atoms with van der Waals surface area (Å²) in [6, 6.07) is 5.18. The van der Waals surface area contributed by atoms with E-state index in [2.05, 4.69) is 24.3 Å². The fourth-order valence-corrected chi connectivity index (χ4v) is 2.11. The number of hydrogen-bond acceptors (Lipinski definition) is 7. The van der Waals surface area contributed by atoms with E-state index >= 15 is 0 Å². The van der Waals surface area contributed by atoms with Crippen LogP contribution in [0.15, 0.2) is 22.6 Å². The number of fused-ring (bicyclic) bond motifs is 1. The van der Waals surface area contributed by atoms with Crippen molar-refractivity contribution in [2.24, 2.45) is 0 Å². The van der Waals surface area contributed by atoms with Gasteiger partial charge in [-0.05, 0) is 18.2 Å². The van der Waals surface area contributed by atoms with Gasteiger partial charge >= 0.3 is 0 Å². The number of nitrogens with one attached hydrogen (secondary N) is 1. The van der Waals surface area contributed by atoms with E-state index in [0.29, 0.717) is 22.9 Å². The first kappa shape index (κ1) is 11.7. The van der Waals surface area contributed by atoms with Gasteiger partial charge in [-0.1, -0.05) is 0 Å². The van der Waals surface area contributed by atoms with Gasteiger partial charge in [-0.3, -0.25) is 4.79 Å². The topological polar surface area (TPSA) is 93.8 Å². The van der Waals surface area contributed by atoms with Crippen molar-refractivity contribution in [3.63, 3.8) is 0 Å². The van der Waals surface area contributed by atoms with Crippen molar-refractivity contribution in [1.29, 1.82) is 0 Å². The molecule has 0 spiro atoms. The molecule has 0 aliphatic rings. The summed E-state index contributed by atoms with van der Waals surface area (Å²) in [5, 5.41) is 10.2. The first-order chi connectivity index (χ1) is 9.22. The molecule has 0 radical (unpaired) electrons. The fourth-order valence-electron chi connectivity index (χ4n) is 1.59. The zero-order valence-corrected chi connectivity index (χ0v) is 10.8. The SMILES string of the molecule is Cc1nnc(CNC(=O)c2ccc3nsnc3c2)o1. The first-order valence-electron chi connectivity index (χ1n) is 5.52. The molecule has 0 aliphatic heterocycles. The van der Waals surface area contributed by atoms with Gasteiger partial charge in [0.15, 0.2) is 0 Å². The van der Waals surface area contributed by atoms with E-state index in [-0.39, 0.29) is 12.5 Å². The van der Waals surface area contributed by atoms with Crippen LogP contribution in [0.3, 0.4) is 0 Å². The summed E-state index contributed by atoms with van der Waals surface area (Å²) in [5.41, 5.74) is 2.02. The standard InChI is InChI=1S/C11H9N5O2S/c1-6-13-14-10(18-6)5-12-11(17)7-2-3-8-9(4-7)16-19-15-8/h2-4H,5H2,1H3,(H,12,17). The number of aryl methyl sites for hydroxylation is 1. The van der Waals surface area contributed by atoms with Crippen molar-refractivity contribution >= 4 is 28.7 Å². The summed E-state index contributed by atoms with van der Waals surface area (Å²) in [7, 11) is 0. The van der Waals surface area contributed by atoms with Crippen LogP contribution < -0.4 is 5.32 Å². The smallest absolute Gasteiger partial charge is 0.251 e. The van der Waals surface area contributed by atoms with Crippen molar-refractivity contribution in [1.82, 2.24) is 24.3 Å². The molecular formula is C11H9N5O2S. The molecule has 2 aromatic heterocycles. The predicted molar refractivity (Wildman–Crippen MR) is 67.6 cm³/mol. The molecule has 0 unspecified atom stereocenters. The molecule has 3 aromatic rings. The van der Waals surface area contributed by atoms with Crippen molar-refractivity contribution < 1.29 is 9.21 Å². The summed E-state index contributed by atoms with van der Waals surface area (Å²) in [6.07, 6.45) is 0. The molecule has 1 N–H and O–H groups in total. The molecule has 0 fully saturated rings. The Kier molecular flexibility index (Phi) is 2.92. The van der Waals surface area contributed by atoms with Gasteiger partial charge in [-0.25, -0.2) is 0 Å². The Hall–Kier alpha value is -2.35. The van der Waals surface area contributed by atoms with Crippen LogP contribution in [-0.2, 0) is 6.54 Å². The van der Waals surface area contributed by atoms with Crippen LogP contribution in [0.2, 0.25) is 0 Å². The van der Waals surface area contributed by atoms with E-state index in [1.165, 1.54) is 0 Å². The Bertz CT molecular complexity index is 735. The maximum Gasteiger partial charge on any atom is 0.251 e.